The molecule has 5 rings (SSSR count). The van der Waals surface area contributed by atoms with Crippen LogP contribution >= 0.6 is 11.6 Å². The first kappa shape index (κ1) is 22.5. The summed E-state index contributed by atoms with van der Waals surface area (Å²) in [6.45, 7) is 6.17. The summed E-state index contributed by atoms with van der Waals surface area (Å²) in [4.78, 5) is 22.3. The Morgan fingerprint density at radius 2 is 1.91 bits per heavy atom. The molecule has 32 heavy (non-hydrogen) atoms. The fourth-order valence-electron chi connectivity index (χ4n) is 8.60. The van der Waals surface area contributed by atoms with Gasteiger partial charge in [-0.25, -0.2) is 4.79 Å². The summed E-state index contributed by atoms with van der Waals surface area (Å²) in [7, 11) is 0. The molecule has 1 aromatic rings. The molecule has 3 unspecified atom stereocenters. The number of carbonyl (C=O) groups excluding carboxylic acids is 1. The molecule has 0 bridgehead atoms. The zero-order chi connectivity index (χ0) is 22.9. The lowest BCUT2D eigenvalue weighted by atomic mass is 9.44. The van der Waals surface area contributed by atoms with Gasteiger partial charge in [0.25, 0.3) is 0 Å². The van der Waals surface area contributed by atoms with E-state index in [2.05, 4.69) is 13.8 Å². The van der Waals surface area contributed by atoms with Crippen LogP contribution in [0.25, 0.3) is 0 Å². The highest BCUT2D eigenvalue weighted by atomic mass is 35.5. The van der Waals surface area contributed by atoms with E-state index in [9.17, 15) is 14.7 Å². The number of hydrogen-bond acceptors (Lipinski definition) is 5. The van der Waals surface area contributed by atoms with E-state index in [-0.39, 0.29) is 40.4 Å². The third-order valence-electron chi connectivity index (χ3n) is 10.2. The first-order valence-electron chi connectivity index (χ1n) is 12.2. The maximum atomic E-state index is 11.5. The van der Waals surface area contributed by atoms with E-state index in [1.807, 2.05) is 6.07 Å². The van der Waals surface area contributed by atoms with E-state index in [0.29, 0.717) is 18.3 Å². The van der Waals surface area contributed by atoms with Gasteiger partial charge in [0.2, 0.25) is 0 Å². The molecule has 9 atom stereocenters. The number of carbonyl (C=O) groups is 1. The third-order valence-corrected chi connectivity index (χ3v) is 11.2. The Hall–Kier alpha value is -1.33. The predicted octanol–water partition coefficient (Wildman–Crippen LogP) is 5.03. The monoisotopic (exact) mass is 462 g/mol. The van der Waals surface area contributed by atoms with Crippen LogP contribution in [0.15, 0.2) is 27.6 Å². The van der Waals surface area contributed by atoms with Crippen LogP contribution in [0.4, 0.5) is 0 Å². The molecule has 0 spiro atoms. The lowest BCUT2D eigenvalue weighted by molar-refractivity contribution is -0.160. The summed E-state index contributed by atoms with van der Waals surface area (Å²) in [5, 5.41) is 11.4. The van der Waals surface area contributed by atoms with Crippen LogP contribution in [0.1, 0.15) is 83.6 Å². The quantitative estimate of drug-likeness (QED) is 0.492. The molecule has 0 amide bonds. The molecule has 6 heteroatoms. The van der Waals surface area contributed by atoms with E-state index in [1.54, 1.807) is 6.26 Å². The number of esters is 1. The Morgan fingerprint density at radius 1 is 1.12 bits per heavy atom. The molecule has 0 saturated heterocycles. The zero-order valence-electron chi connectivity index (χ0n) is 19.3. The molecule has 176 valence electrons. The third kappa shape index (κ3) is 3.06. The number of aliphatic hydroxyl groups is 1. The number of rotatable bonds is 2. The summed E-state index contributed by atoms with van der Waals surface area (Å²) in [5.41, 5.74) is 0.524. The van der Waals surface area contributed by atoms with Gasteiger partial charge in [-0.2, -0.15) is 0 Å². The van der Waals surface area contributed by atoms with Crippen LogP contribution in [-0.4, -0.2) is 28.2 Å². The minimum Gasteiger partial charge on any atom is -0.463 e. The van der Waals surface area contributed by atoms with Crippen molar-refractivity contribution >= 4 is 17.6 Å². The first-order valence-corrected chi connectivity index (χ1v) is 12.6. The second-order valence-electron chi connectivity index (χ2n) is 11.4. The lowest BCUT2D eigenvalue weighted by Crippen LogP contribution is -2.62. The van der Waals surface area contributed by atoms with Gasteiger partial charge in [0.1, 0.15) is 6.10 Å². The van der Waals surface area contributed by atoms with Crippen LogP contribution in [0.3, 0.4) is 0 Å². The molecule has 1 N–H and O–H groups in total. The Balaban J connectivity index is 1.45. The molecular formula is C26H35ClO5. The number of fused-ring (bicyclic) bond motifs is 5. The first-order chi connectivity index (χ1) is 15.1. The van der Waals surface area contributed by atoms with Crippen molar-refractivity contribution in [2.75, 3.05) is 0 Å². The molecule has 1 heterocycles. The largest absolute Gasteiger partial charge is 0.463 e. The summed E-state index contributed by atoms with van der Waals surface area (Å²) >= 11 is 7.59. The van der Waals surface area contributed by atoms with Gasteiger partial charge in [0.15, 0.2) is 0 Å². The minimum absolute atomic E-state index is 0.0372. The van der Waals surface area contributed by atoms with Crippen LogP contribution in [-0.2, 0) is 9.53 Å². The van der Waals surface area contributed by atoms with Crippen molar-refractivity contribution in [2.45, 2.75) is 95.1 Å². The van der Waals surface area contributed by atoms with E-state index >= 15 is 0 Å². The Kier molecular flexibility index (Phi) is 5.33. The molecule has 4 fully saturated rings. The van der Waals surface area contributed by atoms with Gasteiger partial charge in [0.05, 0.1) is 17.2 Å². The minimum atomic E-state index is -0.683. The lowest BCUT2D eigenvalue weighted by Gasteiger charge is -2.64. The molecule has 4 aliphatic rings. The number of halogens is 1. The molecule has 0 aromatic carbocycles. The normalized spacial score (nSPS) is 47.8. The van der Waals surface area contributed by atoms with Gasteiger partial charge in [-0.05, 0) is 97.5 Å². The fourth-order valence-corrected chi connectivity index (χ4v) is 9.18. The van der Waals surface area contributed by atoms with Crippen molar-refractivity contribution in [3.8, 4) is 0 Å². The van der Waals surface area contributed by atoms with Gasteiger partial charge in [-0.1, -0.05) is 13.8 Å². The number of aliphatic hydroxyl groups excluding tert-OH is 1. The standard InChI is InChI=1S/C26H35ClO5/c1-15(28)32-18-8-10-24(2)17(12-18)5-6-20-19(24)9-11-25(3)21(13-22(29)26(20,25)27)16-4-7-23(30)31-14-16/h4,7,14,17-22,29H,5-6,8-13H2,1-3H3/t17?,18?,19-,20+,21+,22?,24-,25+,26+/m0/s1. The maximum Gasteiger partial charge on any atom is 0.335 e. The zero-order valence-corrected chi connectivity index (χ0v) is 20.1. The van der Waals surface area contributed by atoms with Crippen molar-refractivity contribution < 1.29 is 19.1 Å². The van der Waals surface area contributed by atoms with E-state index in [0.717, 1.165) is 50.5 Å². The van der Waals surface area contributed by atoms with Crippen LogP contribution in [0.5, 0.6) is 0 Å². The molecule has 4 saturated carbocycles. The van der Waals surface area contributed by atoms with Crippen molar-refractivity contribution in [2.24, 2.45) is 28.6 Å². The maximum absolute atomic E-state index is 11.5. The second-order valence-corrected chi connectivity index (χ2v) is 12.0. The second kappa shape index (κ2) is 7.59. The summed E-state index contributed by atoms with van der Waals surface area (Å²) < 4.78 is 10.8. The van der Waals surface area contributed by atoms with Crippen molar-refractivity contribution in [3.05, 3.63) is 34.4 Å². The summed E-state index contributed by atoms with van der Waals surface area (Å²) in [6.07, 6.45) is 8.64. The van der Waals surface area contributed by atoms with Crippen molar-refractivity contribution in [1.29, 1.82) is 0 Å². The molecule has 0 aliphatic heterocycles. The molecule has 1 aromatic heterocycles. The smallest absolute Gasteiger partial charge is 0.335 e. The van der Waals surface area contributed by atoms with Gasteiger partial charge in [0, 0.05) is 13.0 Å². The highest BCUT2D eigenvalue weighted by Crippen LogP contribution is 2.72. The van der Waals surface area contributed by atoms with Gasteiger partial charge in [-0.3, -0.25) is 4.79 Å². The molecule has 0 radical (unpaired) electrons. The van der Waals surface area contributed by atoms with Gasteiger partial charge < -0.3 is 14.3 Å². The van der Waals surface area contributed by atoms with E-state index < -0.39 is 11.0 Å². The Labute approximate surface area is 194 Å². The van der Waals surface area contributed by atoms with E-state index in [4.69, 9.17) is 20.8 Å². The highest BCUT2D eigenvalue weighted by molar-refractivity contribution is 6.25. The summed E-state index contributed by atoms with van der Waals surface area (Å²) in [6, 6.07) is 3.32. The van der Waals surface area contributed by atoms with Gasteiger partial charge >= 0.3 is 11.6 Å². The molecular weight excluding hydrogens is 428 g/mol. The fraction of sp³-hybridized carbons (Fsp3) is 0.769. The van der Waals surface area contributed by atoms with E-state index in [1.165, 1.54) is 13.0 Å². The van der Waals surface area contributed by atoms with Crippen molar-refractivity contribution in [3.63, 3.8) is 0 Å². The topological polar surface area (TPSA) is 76.7 Å². The van der Waals surface area contributed by atoms with Gasteiger partial charge in [-0.15, -0.1) is 11.6 Å². The summed E-state index contributed by atoms with van der Waals surface area (Å²) in [5.74, 6) is 1.14. The molecule has 5 nitrogen and oxygen atoms in total. The van der Waals surface area contributed by atoms with Crippen molar-refractivity contribution in [1.82, 2.24) is 0 Å². The average molecular weight is 463 g/mol. The number of alkyl halides is 1. The molecule has 4 aliphatic carbocycles. The predicted molar refractivity (Wildman–Crippen MR) is 121 cm³/mol. The number of hydrogen-bond donors (Lipinski definition) is 1. The number of ether oxygens (including phenoxy) is 1. The Bertz CT molecular complexity index is 939. The Morgan fingerprint density at radius 3 is 2.59 bits per heavy atom. The SMILES string of the molecule is CC(=O)OC1CC[C@@]2(C)C(CC[C@@H]3[C@@H]2CC[C@]2(C)[C@@H](c4ccc(=O)oc4)CC(O)[C@]32Cl)C1. The highest BCUT2D eigenvalue weighted by Gasteiger charge is 2.70. The average Bonchev–Trinajstić information content (AvgIpc) is 2.95. The van der Waals surface area contributed by atoms with Crippen LogP contribution in [0.2, 0.25) is 0 Å². The van der Waals surface area contributed by atoms with Crippen LogP contribution in [0, 0.1) is 28.6 Å². The van der Waals surface area contributed by atoms with Crippen LogP contribution < -0.4 is 5.63 Å².